The molecule has 0 N–H and O–H groups in total. The number of hydrogen-bond acceptors (Lipinski definition) is 2. The van der Waals surface area contributed by atoms with Crippen LogP contribution in [0.15, 0.2) is 6.20 Å². The van der Waals surface area contributed by atoms with Gasteiger partial charge in [0.05, 0.1) is 0 Å². The zero-order valence-electron chi connectivity index (χ0n) is 14.1. The lowest BCUT2D eigenvalue weighted by Gasteiger charge is -2.32. The molecule has 2 heterocycles. The molecule has 1 saturated heterocycles. The Bertz CT molecular complexity index is 510. The van der Waals surface area contributed by atoms with E-state index in [4.69, 9.17) is 0 Å². The molecule has 2 fully saturated rings. The van der Waals surface area contributed by atoms with Crippen molar-refractivity contribution in [1.82, 2.24) is 14.5 Å². The number of hydrogen-bond donors (Lipinski definition) is 0. The summed E-state index contributed by atoms with van der Waals surface area (Å²) in [6, 6.07) is 0. The number of amides is 1. The molecule has 0 unspecified atom stereocenters. The molecular weight excluding hydrogens is 274 g/mol. The van der Waals surface area contributed by atoms with Crippen molar-refractivity contribution in [2.24, 2.45) is 5.92 Å². The number of piperidine rings is 1. The highest BCUT2D eigenvalue weighted by molar-refractivity contribution is 5.75. The minimum absolute atomic E-state index is 0.316. The second-order valence-corrected chi connectivity index (χ2v) is 7.00. The molecule has 0 radical (unpaired) electrons. The molecule has 1 saturated carbocycles. The van der Waals surface area contributed by atoms with E-state index in [0.29, 0.717) is 18.2 Å². The van der Waals surface area contributed by atoms with Crippen LogP contribution in [0.4, 0.5) is 0 Å². The van der Waals surface area contributed by atoms with Crippen molar-refractivity contribution < 1.29 is 4.79 Å². The van der Waals surface area contributed by atoms with Gasteiger partial charge in [-0.2, -0.15) is 0 Å². The molecule has 0 bridgehead atoms. The predicted molar refractivity (Wildman–Crippen MR) is 87.8 cm³/mol. The first-order chi connectivity index (χ1) is 10.7. The highest BCUT2D eigenvalue weighted by atomic mass is 16.2. The van der Waals surface area contributed by atoms with Gasteiger partial charge in [0.1, 0.15) is 5.82 Å². The van der Waals surface area contributed by atoms with Crippen LogP contribution in [0.3, 0.4) is 0 Å². The Labute approximate surface area is 133 Å². The Morgan fingerprint density at radius 3 is 2.59 bits per heavy atom. The lowest BCUT2D eigenvalue weighted by Crippen LogP contribution is -2.38. The molecule has 0 atom stereocenters. The lowest BCUT2D eigenvalue weighted by atomic mass is 9.84. The van der Waals surface area contributed by atoms with E-state index >= 15 is 0 Å². The van der Waals surface area contributed by atoms with Crippen molar-refractivity contribution in [3.63, 3.8) is 0 Å². The number of carbonyl (C=O) groups is 1. The molecule has 22 heavy (non-hydrogen) atoms. The molecule has 1 aromatic rings. The van der Waals surface area contributed by atoms with Crippen molar-refractivity contribution in [3.05, 3.63) is 17.7 Å². The first-order valence-corrected chi connectivity index (χ1v) is 8.98. The minimum Gasteiger partial charge on any atom is -0.343 e. The van der Waals surface area contributed by atoms with E-state index in [9.17, 15) is 4.79 Å². The van der Waals surface area contributed by atoms with E-state index < -0.39 is 0 Å². The molecule has 122 valence electrons. The molecule has 1 aliphatic carbocycles. The van der Waals surface area contributed by atoms with Gasteiger partial charge in [-0.15, -0.1) is 0 Å². The number of carbonyl (C=O) groups excluding carboxylic acids is 1. The third-order valence-corrected chi connectivity index (χ3v) is 5.59. The van der Waals surface area contributed by atoms with E-state index in [1.54, 1.807) is 0 Å². The van der Waals surface area contributed by atoms with Crippen LogP contribution in [0, 0.1) is 12.8 Å². The van der Waals surface area contributed by atoms with Crippen LogP contribution in [0.1, 0.15) is 69.3 Å². The van der Waals surface area contributed by atoms with Crippen LogP contribution in [0.2, 0.25) is 0 Å². The minimum atomic E-state index is 0.316. The monoisotopic (exact) mass is 303 g/mol. The van der Waals surface area contributed by atoms with Crippen LogP contribution in [-0.4, -0.2) is 33.4 Å². The molecule has 1 aromatic heterocycles. The summed E-state index contributed by atoms with van der Waals surface area (Å²) in [5, 5.41) is 0. The van der Waals surface area contributed by atoms with Gasteiger partial charge in [-0.05, 0) is 44.9 Å². The number of likely N-dealkylation sites (tertiary alicyclic amines) is 1. The molecule has 4 heteroatoms. The van der Waals surface area contributed by atoms with Gasteiger partial charge in [0.2, 0.25) is 5.91 Å². The Balaban J connectivity index is 1.51. The Morgan fingerprint density at radius 2 is 2.00 bits per heavy atom. The molecule has 4 nitrogen and oxygen atoms in total. The molecule has 1 amide bonds. The molecular formula is C18H29N3O. The van der Waals surface area contributed by atoms with E-state index in [2.05, 4.69) is 16.5 Å². The summed E-state index contributed by atoms with van der Waals surface area (Å²) >= 11 is 0. The molecule has 0 spiro atoms. The van der Waals surface area contributed by atoms with Crippen LogP contribution >= 0.6 is 0 Å². The summed E-state index contributed by atoms with van der Waals surface area (Å²) < 4.78 is 2.45. The maximum Gasteiger partial charge on any atom is 0.222 e. The zero-order chi connectivity index (χ0) is 15.5. The van der Waals surface area contributed by atoms with E-state index in [0.717, 1.165) is 38.4 Å². The number of imidazole rings is 1. The fourth-order valence-corrected chi connectivity index (χ4v) is 3.77. The van der Waals surface area contributed by atoms with Crippen molar-refractivity contribution in [2.45, 2.75) is 71.3 Å². The van der Waals surface area contributed by atoms with Crippen molar-refractivity contribution in [2.75, 3.05) is 13.1 Å². The fourth-order valence-electron chi connectivity index (χ4n) is 3.77. The summed E-state index contributed by atoms with van der Waals surface area (Å²) in [6.45, 7) is 7.14. The van der Waals surface area contributed by atoms with E-state index in [1.807, 2.05) is 18.0 Å². The summed E-state index contributed by atoms with van der Waals surface area (Å²) in [5.41, 5.74) is 1.31. The van der Waals surface area contributed by atoms with Gasteiger partial charge in [0, 0.05) is 43.9 Å². The molecule has 1 aliphatic heterocycles. The Kier molecular flexibility index (Phi) is 4.84. The van der Waals surface area contributed by atoms with Gasteiger partial charge < -0.3 is 9.47 Å². The van der Waals surface area contributed by atoms with E-state index in [-0.39, 0.29) is 0 Å². The fraction of sp³-hybridized carbons (Fsp3) is 0.778. The smallest absolute Gasteiger partial charge is 0.222 e. The number of nitrogens with zero attached hydrogens (tertiary/aromatic N) is 3. The second-order valence-electron chi connectivity index (χ2n) is 7.00. The largest absolute Gasteiger partial charge is 0.343 e. The normalized spacial score (nSPS) is 20.2. The lowest BCUT2D eigenvalue weighted by molar-refractivity contribution is -0.132. The maximum atomic E-state index is 11.7. The topological polar surface area (TPSA) is 38.1 Å². The highest BCUT2D eigenvalue weighted by Crippen LogP contribution is 2.36. The SMILES string of the molecule is CCC(=O)N1CCC(CCn2c(C)cnc2C2CCC2)CC1. The Hall–Kier alpha value is -1.32. The first kappa shape index (κ1) is 15.6. The van der Waals surface area contributed by atoms with Crippen LogP contribution in [0.5, 0.6) is 0 Å². The Morgan fingerprint density at radius 1 is 1.27 bits per heavy atom. The van der Waals surface area contributed by atoms with Crippen LogP contribution < -0.4 is 0 Å². The summed E-state index contributed by atoms with van der Waals surface area (Å²) in [4.78, 5) is 18.4. The second kappa shape index (κ2) is 6.84. The number of rotatable bonds is 5. The summed E-state index contributed by atoms with van der Waals surface area (Å²) in [6.07, 6.45) is 10.2. The predicted octanol–water partition coefficient (Wildman–Crippen LogP) is 3.50. The van der Waals surface area contributed by atoms with Crippen LogP contribution in [0.25, 0.3) is 0 Å². The summed E-state index contributed by atoms with van der Waals surface area (Å²) in [5.74, 6) is 3.10. The highest BCUT2D eigenvalue weighted by Gasteiger charge is 2.26. The maximum absolute atomic E-state index is 11.7. The van der Waals surface area contributed by atoms with Crippen molar-refractivity contribution in [3.8, 4) is 0 Å². The standard InChI is InChI=1S/C18H29N3O/c1-3-17(22)20-10-7-15(8-11-20)9-12-21-14(2)13-19-18(21)16-5-4-6-16/h13,15-16H,3-12H2,1-2H3. The first-order valence-electron chi connectivity index (χ1n) is 8.98. The van der Waals surface area contributed by atoms with Gasteiger partial charge in [0.15, 0.2) is 0 Å². The number of aryl methyl sites for hydroxylation is 1. The zero-order valence-corrected chi connectivity index (χ0v) is 14.1. The average Bonchev–Trinajstić information content (AvgIpc) is 2.84. The van der Waals surface area contributed by atoms with Crippen molar-refractivity contribution in [1.29, 1.82) is 0 Å². The third-order valence-electron chi connectivity index (χ3n) is 5.59. The molecule has 0 aromatic carbocycles. The third kappa shape index (κ3) is 3.21. The summed E-state index contributed by atoms with van der Waals surface area (Å²) in [7, 11) is 0. The van der Waals surface area contributed by atoms with E-state index in [1.165, 1.54) is 37.2 Å². The van der Waals surface area contributed by atoms with Crippen molar-refractivity contribution >= 4 is 5.91 Å². The molecule has 2 aliphatic rings. The number of aromatic nitrogens is 2. The van der Waals surface area contributed by atoms with Gasteiger partial charge >= 0.3 is 0 Å². The average molecular weight is 303 g/mol. The van der Waals surface area contributed by atoms with Gasteiger partial charge in [0.25, 0.3) is 0 Å². The quantitative estimate of drug-likeness (QED) is 0.835. The van der Waals surface area contributed by atoms with Gasteiger partial charge in [-0.1, -0.05) is 13.3 Å². The van der Waals surface area contributed by atoms with Crippen LogP contribution in [-0.2, 0) is 11.3 Å². The van der Waals surface area contributed by atoms with Gasteiger partial charge in [-0.3, -0.25) is 4.79 Å². The molecule has 3 rings (SSSR count). The van der Waals surface area contributed by atoms with Gasteiger partial charge in [-0.25, -0.2) is 4.98 Å².